The van der Waals surface area contributed by atoms with Gasteiger partial charge in [0.25, 0.3) is 5.56 Å². The molecular formula is C19H16ClN3O4S. The van der Waals surface area contributed by atoms with Crippen LogP contribution in [0.2, 0.25) is 4.34 Å². The van der Waals surface area contributed by atoms with Gasteiger partial charge in [0, 0.05) is 16.8 Å². The number of benzene rings is 1. The summed E-state index contributed by atoms with van der Waals surface area (Å²) < 4.78 is 1.51. The zero-order valence-corrected chi connectivity index (χ0v) is 16.2. The molecule has 0 radical (unpaired) electrons. The summed E-state index contributed by atoms with van der Waals surface area (Å²) in [5, 5.41) is 13.8. The molecule has 3 rings (SSSR count). The molecule has 2 aromatic heterocycles. The normalized spacial score (nSPS) is 10.8. The number of carboxylic acid groups (broad SMARTS) is 1. The van der Waals surface area contributed by atoms with Crippen molar-refractivity contribution in [2.75, 3.05) is 6.54 Å². The summed E-state index contributed by atoms with van der Waals surface area (Å²) in [7, 11) is 0. The predicted molar refractivity (Wildman–Crippen MR) is 108 cm³/mol. The van der Waals surface area contributed by atoms with Crippen molar-refractivity contribution in [1.82, 2.24) is 14.7 Å². The van der Waals surface area contributed by atoms with Crippen LogP contribution >= 0.6 is 22.9 Å². The number of hydrogen-bond donors (Lipinski definition) is 1. The summed E-state index contributed by atoms with van der Waals surface area (Å²) in [6, 6.07) is 9.85. The van der Waals surface area contributed by atoms with E-state index in [0.29, 0.717) is 10.9 Å². The molecule has 0 atom stereocenters. The Labute approximate surface area is 169 Å². The van der Waals surface area contributed by atoms with Crippen LogP contribution in [0.25, 0.3) is 10.8 Å². The number of rotatable bonds is 7. The van der Waals surface area contributed by atoms with Crippen molar-refractivity contribution in [1.29, 1.82) is 0 Å². The minimum Gasteiger partial charge on any atom is -0.476 e. The Balaban J connectivity index is 1.94. The summed E-state index contributed by atoms with van der Waals surface area (Å²) in [5.74, 6) is -1.65. The molecule has 1 N–H and O–H groups in total. The van der Waals surface area contributed by atoms with Gasteiger partial charge in [-0.15, -0.1) is 17.9 Å². The maximum absolute atomic E-state index is 12.8. The summed E-state index contributed by atoms with van der Waals surface area (Å²) >= 11 is 7.29. The van der Waals surface area contributed by atoms with Crippen molar-refractivity contribution in [2.24, 2.45) is 0 Å². The topological polar surface area (TPSA) is 92.5 Å². The molecule has 144 valence electrons. The molecule has 1 aromatic carbocycles. The van der Waals surface area contributed by atoms with Gasteiger partial charge >= 0.3 is 5.97 Å². The molecule has 9 heteroatoms. The third-order valence-electron chi connectivity index (χ3n) is 4.03. The molecule has 3 aromatic rings. The van der Waals surface area contributed by atoms with E-state index < -0.39 is 11.5 Å². The molecule has 7 nitrogen and oxygen atoms in total. The van der Waals surface area contributed by atoms with Crippen LogP contribution in [0.3, 0.4) is 0 Å². The number of amides is 1. The van der Waals surface area contributed by atoms with Gasteiger partial charge in [-0.1, -0.05) is 35.9 Å². The highest BCUT2D eigenvalue weighted by Gasteiger charge is 2.20. The molecule has 0 aliphatic rings. The van der Waals surface area contributed by atoms with E-state index in [4.69, 9.17) is 11.6 Å². The summed E-state index contributed by atoms with van der Waals surface area (Å²) in [6.45, 7) is 3.84. The molecule has 0 bridgehead atoms. The number of carboxylic acids is 1. The van der Waals surface area contributed by atoms with Crippen LogP contribution < -0.4 is 5.56 Å². The largest absolute Gasteiger partial charge is 0.476 e. The standard InChI is InChI=1S/C19H16ClN3O4S/c1-2-9-22(10-12-7-8-15(20)28-12)16(24)11-23-18(25)14-6-4-3-5-13(14)17(21-23)19(26)27/h2-8H,1,9-11H2,(H,26,27). The molecule has 0 unspecified atom stereocenters. The number of carbonyl (C=O) groups is 2. The molecule has 0 saturated heterocycles. The van der Waals surface area contributed by atoms with E-state index in [0.717, 1.165) is 9.56 Å². The number of halogens is 1. The predicted octanol–water partition coefficient (Wildman–Crippen LogP) is 3.02. The van der Waals surface area contributed by atoms with Gasteiger partial charge in [0.1, 0.15) is 6.54 Å². The van der Waals surface area contributed by atoms with E-state index in [1.165, 1.54) is 28.4 Å². The van der Waals surface area contributed by atoms with Crippen LogP contribution in [0.5, 0.6) is 0 Å². The van der Waals surface area contributed by atoms with Gasteiger partial charge in [0.2, 0.25) is 5.91 Å². The molecule has 0 aliphatic heterocycles. The molecule has 0 spiro atoms. The number of fused-ring (bicyclic) bond motifs is 1. The first kappa shape index (κ1) is 19.8. The minimum atomic E-state index is -1.27. The monoisotopic (exact) mass is 417 g/mol. The number of thiophene rings is 1. The zero-order valence-electron chi connectivity index (χ0n) is 14.7. The molecule has 0 aliphatic carbocycles. The smallest absolute Gasteiger partial charge is 0.357 e. The Kier molecular flexibility index (Phi) is 5.91. The van der Waals surface area contributed by atoms with Crippen LogP contribution in [0.15, 0.2) is 53.8 Å². The van der Waals surface area contributed by atoms with E-state index >= 15 is 0 Å². The Bertz CT molecular complexity index is 1120. The Morgan fingerprint density at radius 1 is 1.25 bits per heavy atom. The number of nitrogens with zero attached hydrogens (tertiary/aromatic N) is 3. The molecule has 2 heterocycles. The number of aromatic carboxylic acids is 1. The molecule has 1 amide bonds. The van der Waals surface area contributed by atoms with E-state index in [9.17, 15) is 19.5 Å². The fourth-order valence-corrected chi connectivity index (χ4v) is 3.87. The quantitative estimate of drug-likeness (QED) is 0.596. The fraction of sp³-hybridized carbons (Fsp3) is 0.158. The first-order chi connectivity index (χ1) is 13.4. The van der Waals surface area contributed by atoms with Crippen LogP contribution in [-0.4, -0.2) is 38.2 Å². The van der Waals surface area contributed by atoms with Crippen molar-refractivity contribution in [2.45, 2.75) is 13.1 Å². The van der Waals surface area contributed by atoms with E-state index in [1.807, 2.05) is 6.07 Å². The SMILES string of the molecule is C=CCN(Cc1ccc(Cl)s1)C(=O)Cn1nc(C(=O)O)c2ccccc2c1=O. The maximum atomic E-state index is 12.8. The second-order valence-corrected chi connectivity index (χ2v) is 7.73. The maximum Gasteiger partial charge on any atom is 0.357 e. The molecule has 28 heavy (non-hydrogen) atoms. The third-order valence-corrected chi connectivity index (χ3v) is 5.25. The number of carbonyl (C=O) groups excluding carboxylic acids is 1. The summed E-state index contributed by atoms with van der Waals surface area (Å²) in [6.07, 6.45) is 1.58. The molecule has 0 saturated carbocycles. The number of aromatic nitrogens is 2. The van der Waals surface area contributed by atoms with E-state index in [1.54, 1.807) is 24.3 Å². The highest BCUT2D eigenvalue weighted by Crippen LogP contribution is 2.23. The second kappa shape index (κ2) is 8.37. The second-order valence-electron chi connectivity index (χ2n) is 5.93. The van der Waals surface area contributed by atoms with Crippen molar-refractivity contribution in [3.05, 3.63) is 74.3 Å². The first-order valence-corrected chi connectivity index (χ1v) is 9.46. The van der Waals surface area contributed by atoms with Crippen molar-refractivity contribution >= 4 is 45.6 Å². The van der Waals surface area contributed by atoms with E-state index in [-0.39, 0.29) is 35.5 Å². The lowest BCUT2D eigenvalue weighted by atomic mass is 10.1. The van der Waals surface area contributed by atoms with Crippen LogP contribution in [0.4, 0.5) is 0 Å². The highest BCUT2D eigenvalue weighted by molar-refractivity contribution is 7.16. The van der Waals surface area contributed by atoms with Crippen LogP contribution in [0, 0.1) is 0 Å². The van der Waals surface area contributed by atoms with Gasteiger partial charge in [-0.3, -0.25) is 9.59 Å². The van der Waals surface area contributed by atoms with Gasteiger partial charge in [-0.05, 0) is 18.2 Å². The Morgan fingerprint density at radius 3 is 2.57 bits per heavy atom. The van der Waals surface area contributed by atoms with Gasteiger partial charge in [-0.2, -0.15) is 5.10 Å². The highest BCUT2D eigenvalue weighted by atomic mass is 35.5. The average Bonchev–Trinajstić information content (AvgIpc) is 3.08. The number of hydrogen-bond acceptors (Lipinski definition) is 5. The van der Waals surface area contributed by atoms with Crippen molar-refractivity contribution < 1.29 is 14.7 Å². The van der Waals surface area contributed by atoms with Crippen LogP contribution in [-0.2, 0) is 17.9 Å². The summed E-state index contributed by atoms with van der Waals surface area (Å²) in [5.41, 5.74) is -0.796. The van der Waals surface area contributed by atoms with Gasteiger partial charge in [-0.25, -0.2) is 9.48 Å². The zero-order chi connectivity index (χ0) is 20.3. The average molecular weight is 418 g/mol. The lowest BCUT2D eigenvalue weighted by Crippen LogP contribution is -2.37. The lowest BCUT2D eigenvalue weighted by Gasteiger charge is -2.21. The fourth-order valence-electron chi connectivity index (χ4n) is 2.76. The minimum absolute atomic E-state index is 0.197. The van der Waals surface area contributed by atoms with Crippen molar-refractivity contribution in [3.8, 4) is 0 Å². The summed E-state index contributed by atoms with van der Waals surface area (Å²) in [4.78, 5) is 39.4. The lowest BCUT2D eigenvalue weighted by molar-refractivity contribution is -0.132. The third kappa shape index (κ3) is 4.13. The van der Waals surface area contributed by atoms with Crippen molar-refractivity contribution in [3.63, 3.8) is 0 Å². The van der Waals surface area contributed by atoms with Gasteiger partial charge in [0.15, 0.2) is 5.69 Å². The van der Waals surface area contributed by atoms with E-state index in [2.05, 4.69) is 11.7 Å². The Morgan fingerprint density at radius 2 is 1.96 bits per heavy atom. The first-order valence-electron chi connectivity index (χ1n) is 8.26. The van der Waals surface area contributed by atoms with Gasteiger partial charge < -0.3 is 10.0 Å². The Hall–Kier alpha value is -2.97. The van der Waals surface area contributed by atoms with Gasteiger partial charge in [0.05, 0.1) is 16.3 Å². The van der Waals surface area contributed by atoms with Crippen LogP contribution in [0.1, 0.15) is 15.4 Å². The molecular weight excluding hydrogens is 402 g/mol. The molecule has 0 fully saturated rings.